The Balaban J connectivity index is 3.68. The zero-order chi connectivity index (χ0) is 12.0. The van der Waals surface area contributed by atoms with Gasteiger partial charge in [-0.3, -0.25) is 0 Å². The van der Waals surface area contributed by atoms with Crippen LogP contribution in [0.2, 0.25) is 14.8 Å². The van der Waals surface area contributed by atoms with Gasteiger partial charge in [-0.05, 0) is 0 Å². The Morgan fingerprint density at radius 2 is 1.20 bits per heavy atom. The number of benzene rings is 1. The molecule has 0 nitrogen and oxygen atoms in total. The van der Waals surface area contributed by atoms with Crippen LogP contribution in [0, 0.1) is 23.3 Å². The summed E-state index contributed by atoms with van der Waals surface area (Å²) in [5, 5.41) is 0. The predicted octanol–water partition coefficient (Wildman–Crippen LogP) is 1.58. The molecule has 0 saturated carbocycles. The third-order valence-electron chi connectivity index (χ3n) is 2.02. The molecule has 1 rings (SSSR count). The van der Waals surface area contributed by atoms with Crippen molar-refractivity contribution >= 4 is 48.1 Å². The Bertz CT molecular complexity index is 381. The van der Waals surface area contributed by atoms with Crippen LogP contribution in [0.1, 0.15) is 0 Å². The van der Waals surface area contributed by atoms with Gasteiger partial charge in [0, 0.05) is 0 Å². The molecule has 0 aliphatic carbocycles. The summed E-state index contributed by atoms with van der Waals surface area (Å²) in [5.41, 5.74) is 0. The number of rotatable bonds is 1. The van der Waals surface area contributed by atoms with Crippen LogP contribution >= 0.6 is 0 Å². The van der Waals surface area contributed by atoms with Crippen molar-refractivity contribution in [3.8, 4) is 0 Å². The second-order valence-electron chi connectivity index (χ2n) is 4.26. The molecule has 81 valence electrons. The van der Waals surface area contributed by atoms with Gasteiger partial charge in [0.1, 0.15) is 0 Å². The van der Waals surface area contributed by atoms with E-state index in [1.165, 1.54) is 0 Å². The zero-order valence-electron chi connectivity index (χ0n) is 8.51. The first-order valence-electron chi connectivity index (χ1n) is 4.26. The van der Waals surface area contributed by atoms with E-state index in [9.17, 15) is 17.6 Å². The first kappa shape index (κ1) is 13.6. The second kappa shape index (κ2) is 4.42. The standard InChI is InChI=1S/C6F4.3CH3.2Sn/c7-3-1-2-4(8)6(10)5(3)9;;;;;/h;3*1H3;;. The molecule has 0 N–H and O–H groups in total. The fourth-order valence-corrected chi connectivity index (χ4v) is 13.8. The summed E-state index contributed by atoms with van der Waals surface area (Å²) >= 11 is -2.38. The monoisotopic (exact) mass is 433 g/mol. The molecule has 0 saturated heterocycles. The van der Waals surface area contributed by atoms with E-state index < -0.39 is 41.6 Å². The van der Waals surface area contributed by atoms with E-state index in [0.29, 0.717) is 22.5 Å². The van der Waals surface area contributed by atoms with Crippen molar-refractivity contribution in [1.29, 1.82) is 0 Å². The van der Waals surface area contributed by atoms with Crippen molar-refractivity contribution in [3.05, 3.63) is 23.3 Å². The van der Waals surface area contributed by atoms with Gasteiger partial charge in [0.2, 0.25) is 0 Å². The Morgan fingerprint density at radius 1 is 0.800 bits per heavy atom. The van der Waals surface area contributed by atoms with Gasteiger partial charge in [-0.1, -0.05) is 0 Å². The Hall–Kier alpha value is 0.537. The Labute approximate surface area is 103 Å². The second-order valence-corrected chi connectivity index (χ2v) is 20.0. The molecule has 1 aromatic carbocycles. The molecule has 0 bridgehead atoms. The molecule has 0 amide bonds. The summed E-state index contributed by atoms with van der Waals surface area (Å²) in [6, 6.07) is 0. The molecular formula is C9H9F4Sn2. The molecule has 1 aromatic rings. The van der Waals surface area contributed by atoms with Gasteiger partial charge < -0.3 is 0 Å². The van der Waals surface area contributed by atoms with E-state index in [1.54, 1.807) is 0 Å². The van der Waals surface area contributed by atoms with Crippen molar-refractivity contribution in [2.24, 2.45) is 0 Å². The van der Waals surface area contributed by atoms with Gasteiger partial charge in [-0.15, -0.1) is 0 Å². The predicted molar refractivity (Wildman–Crippen MR) is 54.6 cm³/mol. The van der Waals surface area contributed by atoms with Crippen LogP contribution in [0.3, 0.4) is 0 Å². The van der Waals surface area contributed by atoms with E-state index in [-0.39, 0.29) is 7.16 Å². The van der Waals surface area contributed by atoms with Crippen LogP contribution in [0.5, 0.6) is 0 Å². The molecule has 0 unspecified atom stereocenters. The maximum absolute atomic E-state index is 13.5. The van der Waals surface area contributed by atoms with Crippen LogP contribution in [-0.4, -0.2) is 40.9 Å². The molecule has 0 aliphatic rings. The molecule has 15 heavy (non-hydrogen) atoms. The van der Waals surface area contributed by atoms with Crippen LogP contribution in [0.4, 0.5) is 17.6 Å². The number of hydrogen-bond donors (Lipinski definition) is 0. The van der Waals surface area contributed by atoms with Gasteiger partial charge in [-0.25, -0.2) is 0 Å². The van der Waals surface area contributed by atoms with Gasteiger partial charge in [0.05, 0.1) is 0 Å². The van der Waals surface area contributed by atoms with E-state index >= 15 is 0 Å². The number of hydrogen-bond acceptors (Lipinski definition) is 0. The molecule has 0 spiro atoms. The van der Waals surface area contributed by atoms with Crippen LogP contribution < -0.4 is 7.16 Å². The SMILES string of the molecule is [CH3][Sn]([CH3])([CH3])[c]1c(F)c(F)c(F)c(F)[c]1[Sn]. The van der Waals surface area contributed by atoms with E-state index in [4.69, 9.17) is 0 Å². The molecule has 3 radical (unpaired) electrons. The summed E-state index contributed by atoms with van der Waals surface area (Å²) in [5.74, 6) is -5.79. The average Bonchev–Trinajstić information content (AvgIpc) is 2.09. The minimum absolute atomic E-state index is 0.00176. The summed E-state index contributed by atoms with van der Waals surface area (Å²) in [4.78, 5) is 5.49. The van der Waals surface area contributed by atoms with Crippen LogP contribution in [0.15, 0.2) is 0 Å². The van der Waals surface area contributed by atoms with Gasteiger partial charge >= 0.3 is 104 Å². The summed E-state index contributed by atoms with van der Waals surface area (Å²) < 4.78 is 52.7. The van der Waals surface area contributed by atoms with Gasteiger partial charge in [0.25, 0.3) is 0 Å². The molecular weight excluding hydrogens is 422 g/mol. The fraction of sp³-hybridized carbons (Fsp3) is 0.333. The number of halogens is 4. The molecule has 6 heteroatoms. The van der Waals surface area contributed by atoms with E-state index in [2.05, 4.69) is 0 Å². The molecule has 0 heterocycles. The van der Waals surface area contributed by atoms with Crippen LogP contribution in [0.25, 0.3) is 0 Å². The van der Waals surface area contributed by atoms with E-state index in [0.717, 1.165) is 0 Å². The Kier molecular flexibility index (Phi) is 4.01. The zero-order valence-corrected chi connectivity index (χ0v) is 14.2. The molecule has 0 fully saturated rings. The topological polar surface area (TPSA) is 0 Å². The van der Waals surface area contributed by atoms with E-state index in [1.807, 2.05) is 14.8 Å². The van der Waals surface area contributed by atoms with Crippen molar-refractivity contribution < 1.29 is 17.6 Å². The normalized spacial score (nSPS) is 12.0. The summed E-state index contributed by atoms with van der Waals surface area (Å²) in [7, 11) is 0. The summed E-state index contributed by atoms with van der Waals surface area (Å²) in [6.07, 6.45) is 0. The van der Waals surface area contributed by atoms with Gasteiger partial charge in [-0.2, -0.15) is 0 Å². The molecule has 0 aromatic heterocycles. The first-order valence-corrected chi connectivity index (χ1v) is 15.7. The van der Waals surface area contributed by atoms with Crippen molar-refractivity contribution in [3.63, 3.8) is 0 Å². The maximum atomic E-state index is 13.5. The van der Waals surface area contributed by atoms with Gasteiger partial charge in [0.15, 0.2) is 0 Å². The third kappa shape index (κ3) is 2.45. The first-order chi connectivity index (χ1) is 6.68. The minimum atomic E-state index is -2.95. The average molecular weight is 431 g/mol. The van der Waals surface area contributed by atoms with Crippen molar-refractivity contribution in [1.82, 2.24) is 0 Å². The molecule has 0 atom stereocenters. The quantitative estimate of drug-likeness (QED) is 0.275. The summed E-state index contributed by atoms with van der Waals surface area (Å²) in [6.45, 7) is 0. The van der Waals surface area contributed by atoms with Crippen molar-refractivity contribution in [2.75, 3.05) is 0 Å². The Morgan fingerprint density at radius 3 is 1.60 bits per heavy atom. The van der Waals surface area contributed by atoms with Crippen molar-refractivity contribution in [2.45, 2.75) is 14.8 Å². The van der Waals surface area contributed by atoms with Crippen LogP contribution in [-0.2, 0) is 0 Å². The molecule has 0 aliphatic heterocycles. The fourth-order valence-electron chi connectivity index (χ4n) is 1.34. The third-order valence-corrected chi connectivity index (χ3v) is 11.0.